The van der Waals surface area contributed by atoms with Gasteiger partial charge in [-0.05, 0) is 37.6 Å². The molecule has 1 unspecified atom stereocenters. The summed E-state index contributed by atoms with van der Waals surface area (Å²) in [5, 5.41) is 18.2. The third-order valence-electron chi connectivity index (χ3n) is 2.78. The summed E-state index contributed by atoms with van der Waals surface area (Å²) in [6, 6.07) is 7.65. The van der Waals surface area contributed by atoms with Gasteiger partial charge in [-0.1, -0.05) is 0 Å². The largest absolute Gasteiger partial charge is 0.494 e. The van der Waals surface area contributed by atoms with Gasteiger partial charge < -0.3 is 19.8 Å². The highest BCUT2D eigenvalue weighted by Crippen LogP contribution is 2.20. The minimum absolute atomic E-state index is 0.0320. The van der Waals surface area contributed by atoms with E-state index in [2.05, 4.69) is 0 Å². The van der Waals surface area contributed by atoms with Gasteiger partial charge in [0.2, 0.25) is 0 Å². The summed E-state index contributed by atoms with van der Waals surface area (Å²) in [7, 11) is 1.91. The Morgan fingerprint density at radius 1 is 1.24 bits per heavy atom. The van der Waals surface area contributed by atoms with Gasteiger partial charge in [-0.15, -0.1) is 0 Å². The fraction of sp³-hybridized carbons (Fsp3) is 0.538. The van der Waals surface area contributed by atoms with Gasteiger partial charge in [0.1, 0.15) is 5.75 Å². The van der Waals surface area contributed by atoms with Gasteiger partial charge in [0, 0.05) is 19.3 Å². The van der Waals surface area contributed by atoms with E-state index in [1.807, 2.05) is 43.1 Å². The van der Waals surface area contributed by atoms with Gasteiger partial charge in [-0.2, -0.15) is 0 Å². The minimum Gasteiger partial charge on any atom is -0.494 e. The molecule has 0 heterocycles. The molecule has 0 saturated carbocycles. The lowest BCUT2D eigenvalue weighted by Gasteiger charge is -2.28. The minimum atomic E-state index is -0.0575. The highest BCUT2D eigenvalue weighted by Gasteiger charge is 2.13. The molecule has 0 radical (unpaired) electrons. The Balaban J connectivity index is 2.70. The number of rotatable bonds is 7. The molecule has 4 nitrogen and oxygen atoms in total. The van der Waals surface area contributed by atoms with E-state index < -0.39 is 0 Å². The lowest BCUT2D eigenvalue weighted by molar-refractivity contribution is 0.218. The summed E-state index contributed by atoms with van der Waals surface area (Å²) < 4.78 is 5.37. The van der Waals surface area contributed by atoms with Crippen LogP contribution in [0.15, 0.2) is 24.3 Å². The van der Waals surface area contributed by atoms with E-state index in [1.54, 1.807) is 0 Å². The van der Waals surface area contributed by atoms with E-state index in [9.17, 15) is 5.11 Å². The fourth-order valence-corrected chi connectivity index (χ4v) is 1.71. The summed E-state index contributed by atoms with van der Waals surface area (Å²) in [6.07, 6.45) is 0.556. The van der Waals surface area contributed by atoms with E-state index in [0.717, 1.165) is 11.4 Å². The molecule has 2 N–H and O–H groups in total. The normalized spacial score (nSPS) is 12.2. The molecule has 0 spiro atoms. The molecule has 0 saturated heterocycles. The Morgan fingerprint density at radius 2 is 1.88 bits per heavy atom. The van der Waals surface area contributed by atoms with Crippen molar-refractivity contribution < 1.29 is 14.9 Å². The van der Waals surface area contributed by atoms with Crippen LogP contribution in [0, 0.1) is 0 Å². The molecule has 1 rings (SSSR count). The summed E-state index contributed by atoms with van der Waals surface area (Å²) in [5.74, 6) is 0.840. The predicted molar refractivity (Wildman–Crippen MR) is 68.6 cm³/mol. The van der Waals surface area contributed by atoms with Gasteiger partial charge in [-0.25, -0.2) is 0 Å². The Kier molecular flexibility index (Phi) is 5.80. The Labute approximate surface area is 102 Å². The van der Waals surface area contributed by atoms with Crippen molar-refractivity contribution in [3.8, 4) is 5.75 Å². The van der Waals surface area contributed by atoms with Crippen LogP contribution in [0.1, 0.15) is 13.3 Å². The van der Waals surface area contributed by atoms with Crippen LogP contribution < -0.4 is 9.64 Å². The molecule has 0 aliphatic heterocycles. The van der Waals surface area contributed by atoms with Crippen molar-refractivity contribution >= 4 is 5.69 Å². The second kappa shape index (κ2) is 7.14. The van der Waals surface area contributed by atoms with Crippen molar-refractivity contribution in [2.75, 3.05) is 31.8 Å². The molecule has 1 aromatic rings. The van der Waals surface area contributed by atoms with Crippen LogP contribution in [0.2, 0.25) is 0 Å². The molecule has 1 aromatic carbocycles. The van der Waals surface area contributed by atoms with E-state index in [-0.39, 0.29) is 19.3 Å². The monoisotopic (exact) mass is 239 g/mol. The lowest BCUT2D eigenvalue weighted by Crippen LogP contribution is -2.35. The van der Waals surface area contributed by atoms with Crippen LogP contribution in [0.5, 0.6) is 5.75 Å². The number of aliphatic hydroxyl groups excluding tert-OH is 2. The molecule has 0 aliphatic rings. The first-order chi connectivity index (χ1) is 8.22. The summed E-state index contributed by atoms with van der Waals surface area (Å²) in [4.78, 5) is 1.96. The van der Waals surface area contributed by atoms with E-state index in [1.165, 1.54) is 0 Å². The molecule has 0 aliphatic carbocycles. The topological polar surface area (TPSA) is 52.9 Å². The van der Waals surface area contributed by atoms with Gasteiger partial charge in [0.15, 0.2) is 0 Å². The fourth-order valence-electron chi connectivity index (χ4n) is 1.71. The zero-order valence-electron chi connectivity index (χ0n) is 10.5. The lowest BCUT2D eigenvalue weighted by atomic mass is 10.1. The van der Waals surface area contributed by atoms with Gasteiger partial charge in [-0.3, -0.25) is 0 Å². The molecule has 0 bridgehead atoms. The number of benzene rings is 1. The second-order valence-electron chi connectivity index (χ2n) is 3.89. The zero-order valence-corrected chi connectivity index (χ0v) is 10.5. The molecule has 4 heteroatoms. The third kappa shape index (κ3) is 3.91. The number of likely N-dealkylation sites (N-methyl/N-ethyl adjacent to an activating group) is 1. The van der Waals surface area contributed by atoms with Crippen LogP contribution in [0.25, 0.3) is 0 Å². The highest BCUT2D eigenvalue weighted by molar-refractivity contribution is 5.49. The van der Waals surface area contributed by atoms with E-state index in [0.29, 0.717) is 13.0 Å². The first kappa shape index (κ1) is 13.8. The van der Waals surface area contributed by atoms with Gasteiger partial charge in [0.25, 0.3) is 0 Å². The van der Waals surface area contributed by atoms with Crippen molar-refractivity contribution in [3.05, 3.63) is 24.3 Å². The molecular weight excluding hydrogens is 218 g/mol. The summed E-state index contributed by atoms with van der Waals surface area (Å²) >= 11 is 0. The first-order valence-corrected chi connectivity index (χ1v) is 5.90. The number of hydrogen-bond acceptors (Lipinski definition) is 4. The van der Waals surface area contributed by atoms with Crippen LogP contribution in [-0.4, -0.2) is 43.1 Å². The molecule has 17 heavy (non-hydrogen) atoms. The van der Waals surface area contributed by atoms with E-state index >= 15 is 0 Å². The Bertz CT molecular complexity index is 313. The van der Waals surface area contributed by atoms with E-state index in [4.69, 9.17) is 9.84 Å². The maximum atomic E-state index is 9.25. The van der Waals surface area contributed by atoms with Crippen molar-refractivity contribution in [2.45, 2.75) is 19.4 Å². The first-order valence-electron chi connectivity index (χ1n) is 5.90. The quantitative estimate of drug-likeness (QED) is 0.752. The maximum absolute atomic E-state index is 9.25. The van der Waals surface area contributed by atoms with Crippen LogP contribution in [0.3, 0.4) is 0 Å². The zero-order chi connectivity index (χ0) is 12.7. The smallest absolute Gasteiger partial charge is 0.119 e. The molecule has 0 fully saturated rings. The Morgan fingerprint density at radius 3 is 2.35 bits per heavy atom. The van der Waals surface area contributed by atoms with Crippen LogP contribution in [0.4, 0.5) is 5.69 Å². The molecule has 0 aromatic heterocycles. The molecule has 1 atom stereocenters. The number of hydrogen-bond donors (Lipinski definition) is 2. The van der Waals surface area contributed by atoms with Crippen molar-refractivity contribution in [3.63, 3.8) is 0 Å². The van der Waals surface area contributed by atoms with Gasteiger partial charge in [0.05, 0.1) is 19.3 Å². The average Bonchev–Trinajstić information content (AvgIpc) is 2.36. The van der Waals surface area contributed by atoms with Crippen molar-refractivity contribution in [2.24, 2.45) is 0 Å². The van der Waals surface area contributed by atoms with Crippen molar-refractivity contribution in [1.29, 1.82) is 0 Å². The van der Waals surface area contributed by atoms with Crippen LogP contribution >= 0.6 is 0 Å². The molecule has 96 valence electrons. The number of nitrogens with zero attached hydrogens (tertiary/aromatic N) is 1. The predicted octanol–water partition coefficient (Wildman–Crippen LogP) is 1.26. The number of anilines is 1. The number of aliphatic hydroxyl groups is 2. The average molecular weight is 239 g/mol. The third-order valence-corrected chi connectivity index (χ3v) is 2.78. The van der Waals surface area contributed by atoms with Crippen molar-refractivity contribution in [1.82, 2.24) is 0 Å². The number of ether oxygens (including phenoxy) is 1. The Hall–Kier alpha value is -1.26. The summed E-state index contributed by atoms with van der Waals surface area (Å²) in [5.41, 5.74) is 1.00. The molecular formula is C13H21NO3. The maximum Gasteiger partial charge on any atom is 0.119 e. The SMILES string of the molecule is CCOc1ccc(N(C)C(CO)CCO)cc1. The van der Waals surface area contributed by atoms with Crippen LogP contribution in [-0.2, 0) is 0 Å². The standard InChI is InChI=1S/C13H21NO3/c1-3-17-13-6-4-11(5-7-13)14(2)12(10-16)8-9-15/h4-7,12,15-16H,3,8-10H2,1-2H3. The van der Waals surface area contributed by atoms with Gasteiger partial charge >= 0.3 is 0 Å². The second-order valence-corrected chi connectivity index (χ2v) is 3.89. The molecule has 0 amide bonds. The highest BCUT2D eigenvalue weighted by atomic mass is 16.5. The summed E-state index contributed by atoms with van der Waals surface area (Å²) in [6.45, 7) is 2.71.